The number of nitrogens with zero attached hydrogens (tertiary/aromatic N) is 2. The number of carbonyl (C=O) groups excluding carboxylic acids is 1. The number of aryl methyl sites for hydroxylation is 1. The minimum Gasteiger partial charge on any atom is -0.465 e. The Kier molecular flexibility index (Phi) is 6.53. The number of carbonyl (C=O) groups is 1. The lowest BCUT2D eigenvalue weighted by molar-refractivity contribution is 0.0600. The molecule has 1 aromatic heterocycles. The van der Waals surface area contributed by atoms with Crippen molar-refractivity contribution in [1.29, 1.82) is 0 Å². The Morgan fingerprint density at radius 1 is 1.09 bits per heavy atom. The van der Waals surface area contributed by atoms with Gasteiger partial charge in [-0.15, -0.1) is 0 Å². The molecule has 0 amide bonds. The van der Waals surface area contributed by atoms with E-state index in [-0.39, 0.29) is 16.4 Å². The SMILES string of the molecule is COC(=O)c1ccc(CCn2c(CN3CCc4ccc(F)cc43)c(Cl)cc(Cl)c2=O)cc1. The minimum absolute atomic E-state index is 0.0488. The monoisotopic (exact) mass is 474 g/mol. The number of pyridine rings is 1. The van der Waals surface area contributed by atoms with Crippen LogP contribution in [0.2, 0.25) is 10.0 Å². The standard InChI is InChI=1S/C24H21Cl2FN2O3/c1-32-24(31)17-4-2-15(3-5-17)8-11-29-22(19(25)13-20(26)23(29)30)14-28-10-9-16-6-7-18(27)12-21(16)28/h2-7,12-13H,8-11,14H2,1H3. The van der Waals surface area contributed by atoms with Crippen LogP contribution in [-0.2, 0) is 30.7 Å². The van der Waals surface area contributed by atoms with Gasteiger partial charge in [0.05, 0.1) is 29.9 Å². The van der Waals surface area contributed by atoms with Gasteiger partial charge in [-0.05, 0) is 54.3 Å². The number of halogens is 3. The van der Waals surface area contributed by atoms with Gasteiger partial charge in [0.15, 0.2) is 0 Å². The molecule has 2 heterocycles. The van der Waals surface area contributed by atoms with Crippen molar-refractivity contribution in [3.63, 3.8) is 0 Å². The molecule has 0 saturated heterocycles. The molecular weight excluding hydrogens is 454 g/mol. The molecule has 0 bridgehead atoms. The van der Waals surface area contributed by atoms with Crippen LogP contribution < -0.4 is 10.5 Å². The third-order valence-corrected chi connectivity index (χ3v) is 6.28. The number of fused-ring (bicyclic) bond motifs is 1. The maximum absolute atomic E-state index is 13.8. The molecule has 1 aliphatic heterocycles. The van der Waals surface area contributed by atoms with Crippen molar-refractivity contribution in [3.05, 3.63) is 97.1 Å². The van der Waals surface area contributed by atoms with Gasteiger partial charge in [0, 0.05) is 18.8 Å². The molecule has 0 radical (unpaired) electrons. The summed E-state index contributed by atoms with van der Waals surface area (Å²) in [6, 6.07) is 13.2. The molecule has 3 aromatic rings. The molecule has 1 aliphatic rings. The van der Waals surface area contributed by atoms with Crippen molar-refractivity contribution in [3.8, 4) is 0 Å². The zero-order valence-electron chi connectivity index (χ0n) is 17.4. The van der Waals surface area contributed by atoms with E-state index in [0.29, 0.717) is 42.3 Å². The summed E-state index contributed by atoms with van der Waals surface area (Å²) < 4.78 is 20.1. The summed E-state index contributed by atoms with van der Waals surface area (Å²) >= 11 is 12.6. The predicted octanol–water partition coefficient (Wildman–Crippen LogP) is 4.89. The van der Waals surface area contributed by atoms with E-state index in [2.05, 4.69) is 0 Å². The summed E-state index contributed by atoms with van der Waals surface area (Å²) in [5.74, 6) is -0.704. The lowest BCUT2D eigenvalue weighted by Gasteiger charge is -2.23. The predicted molar refractivity (Wildman–Crippen MR) is 123 cm³/mol. The molecule has 2 aromatic carbocycles. The topological polar surface area (TPSA) is 51.5 Å². The van der Waals surface area contributed by atoms with Gasteiger partial charge in [-0.2, -0.15) is 0 Å². The van der Waals surface area contributed by atoms with Crippen LogP contribution >= 0.6 is 23.2 Å². The fourth-order valence-electron chi connectivity index (χ4n) is 3.96. The first-order valence-corrected chi connectivity index (χ1v) is 10.9. The van der Waals surface area contributed by atoms with E-state index in [1.165, 1.54) is 25.3 Å². The molecule has 0 aliphatic carbocycles. The Morgan fingerprint density at radius 2 is 1.84 bits per heavy atom. The Labute approximate surface area is 194 Å². The Balaban J connectivity index is 1.60. The first kappa shape index (κ1) is 22.4. The quantitative estimate of drug-likeness (QED) is 0.477. The highest BCUT2D eigenvalue weighted by molar-refractivity contribution is 6.34. The minimum atomic E-state index is -0.404. The average molecular weight is 475 g/mol. The fraction of sp³-hybridized carbons (Fsp3) is 0.250. The molecule has 166 valence electrons. The average Bonchev–Trinajstić information content (AvgIpc) is 3.18. The molecular formula is C24H21Cl2FN2O3. The Hall–Kier alpha value is -2.83. The first-order valence-electron chi connectivity index (χ1n) is 10.2. The summed E-state index contributed by atoms with van der Waals surface area (Å²) in [6.45, 7) is 1.43. The third kappa shape index (κ3) is 4.52. The van der Waals surface area contributed by atoms with E-state index in [4.69, 9.17) is 27.9 Å². The lowest BCUT2D eigenvalue weighted by atomic mass is 10.1. The van der Waals surface area contributed by atoms with Gasteiger partial charge in [0.2, 0.25) is 0 Å². The van der Waals surface area contributed by atoms with Crippen molar-refractivity contribution in [1.82, 2.24) is 4.57 Å². The molecule has 0 unspecified atom stereocenters. The van der Waals surface area contributed by atoms with Crippen LogP contribution in [0, 0.1) is 5.82 Å². The van der Waals surface area contributed by atoms with Crippen LogP contribution in [-0.4, -0.2) is 24.2 Å². The summed E-state index contributed by atoms with van der Waals surface area (Å²) in [4.78, 5) is 26.5. The molecule has 0 spiro atoms. The number of rotatable bonds is 6. The molecule has 0 fully saturated rings. The van der Waals surface area contributed by atoms with Gasteiger partial charge in [-0.3, -0.25) is 4.79 Å². The summed E-state index contributed by atoms with van der Waals surface area (Å²) in [6.07, 6.45) is 1.34. The summed E-state index contributed by atoms with van der Waals surface area (Å²) in [7, 11) is 1.33. The second-order valence-corrected chi connectivity index (χ2v) is 8.44. The smallest absolute Gasteiger partial charge is 0.337 e. The van der Waals surface area contributed by atoms with E-state index in [0.717, 1.165) is 23.2 Å². The number of aromatic nitrogens is 1. The molecule has 0 N–H and O–H groups in total. The molecule has 4 rings (SSSR count). The van der Waals surface area contributed by atoms with E-state index in [9.17, 15) is 14.0 Å². The van der Waals surface area contributed by atoms with Gasteiger partial charge in [0.25, 0.3) is 5.56 Å². The van der Waals surface area contributed by atoms with Crippen LogP contribution in [0.1, 0.15) is 27.2 Å². The Bertz CT molecular complexity index is 1230. The van der Waals surface area contributed by atoms with Crippen molar-refractivity contribution < 1.29 is 13.9 Å². The molecule has 32 heavy (non-hydrogen) atoms. The number of ether oxygens (including phenoxy) is 1. The molecule has 0 saturated carbocycles. The number of anilines is 1. The number of benzene rings is 2. The van der Waals surface area contributed by atoms with Gasteiger partial charge < -0.3 is 14.2 Å². The lowest BCUT2D eigenvalue weighted by Crippen LogP contribution is -2.30. The van der Waals surface area contributed by atoms with Gasteiger partial charge in [0.1, 0.15) is 10.8 Å². The van der Waals surface area contributed by atoms with Crippen molar-refractivity contribution in [2.45, 2.75) is 25.9 Å². The Morgan fingerprint density at radius 3 is 2.56 bits per heavy atom. The van der Waals surface area contributed by atoms with E-state index < -0.39 is 5.97 Å². The fourth-order valence-corrected chi connectivity index (χ4v) is 4.50. The maximum Gasteiger partial charge on any atom is 0.337 e. The largest absolute Gasteiger partial charge is 0.465 e. The molecule has 8 heteroatoms. The van der Waals surface area contributed by atoms with Crippen molar-refractivity contribution in [2.24, 2.45) is 0 Å². The third-order valence-electron chi connectivity index (χ3n) is 5.68. The van der Waals surface area contributed by atoms with Crippen LogP contribution in [0.3, 0.4) is 0 Å². The zero-order valence-corrected chi connectivity index (χ0v) is 18.9. The second-order valence-electron chi connectivity index (χ2n) is 7.63. The van der Waals surface area contributed by atoms with Crippen molar-refractivity contribution in [2.75, 3.05) is 18.6 Å². The summed E-state index contributed by atoms with van der Waals surface area (Å²) in [5.41, 5.74) is 3.59. The number of methoxy groups -OCH3 is 1. The van der Waals surface area contributed by atoms with Crippen LogP contribution in [0.25, 0.3) is 0 Å². The molecule has 5 nitrogen and oxygen atoms in total. The zero-order chi connectivity index (χ0) is 22.8. The normalized spacial score (nSPS) is 12.7. The van der Waals surface area contributed by atoms with E-state index >= 15 is 0 Å². The number of esters is 1. The first-order chi connectivity index (χ1) is 15.4. The van der Waals surface area contributed by atoms with Crippen LogP contribution in [0.4, 0.5) is 10.1 Å². The number of hydrogen-bond acceptors (Lipinski definition) is 4. The molecule has 0 atom stereocenters. The maximum atomic E-state index is 13.8. The summed E-state index contributed by atoms with van der Waals surface area (Å²) in [5, 5.41) is 0.438. The highest BCUT2D eigenvalue weighted by Gasteiger charge is 2.23. The van der Waals surface area contributed by atoms with Gasteiger partial charge in [-0.25, -0.2) is 9.18 Å². The highest BCUT2D eigenvalue weighted by Crippen LogP contribution is 2.31. The van der Waals surface area contributed by atoms with Crippen LogP contribution in [0.5, 0.6) is 0 Å². The number of hydrogen-bond donors (Lipinski definition) is 0. The van der Waals surface area contributed by atoms with Gasteiger partial charge >= 0.3 is 5.97 Å². The van der Waals surface area contributed by atoms with Crippen LogP contribution in [0.15, 0.2) is 53.3 Å². The van der Waals surface area contributed by atoms with E-state index in [1.54, 1.807) is 22.8 Å². The van der Waals surface area contributed by atoms with Crippen molar-refractivity contribution >= 4 is 34.9 Å². The second kappa shape index (κ2) is 9.35. The van der Waals surface area contributed by atoms with E-state index in [1.807, 2.05) is 17.0 Å². The van der Waals surface area contributed by atoms with Gasteiger partial charge in [-0.1, -0.05) is 41.4 Å². The highest BCUT2D eigenvalue weighted by atomic mass is 35.5.